The minimum atomic E-state index is -2.22. The number of ether oxygens (including phenoxy) is 5. The zero-order valence-corrected chi connectivity index (χ0v) is 19.0. The lowest BCUT2D eigenvalue weighted by molar-refractivity contribution is -0.769. The maximum absolute atomic E-state index is 13.6. The van der Waals surface area contributed by atoms with Crippen LogP contribution in [-0.4, -0.2) is 48.3 Å². The van der Waals surface area contributed by atoms with Crippen molar-refractivity contribution in [3.8, 4) is 0 Å². The fraction of sp³-hybridized carbons (Fsp3) is 0.375. The van der Waals surface area contributed by atoms with Gasteiger partial charge in [0, 0.05) is 32.9 Å². The molecule has 2 aromatic rings. The summed E-state index contributed by atoms with van der Waals surface area (Å²) in [5, 5.41) is 0. The highest BCUT2D eigenvalue weighted by Crippen LogP contribution is 2.42. The number of hydrogen-bond donors (Lipinski definition) is 0. The molecule has 0 amide bonds. The number of carbonyl (C=O) groups excluding carboxylic acids is 4. The summed E-state index contributed by atoms with van der Waals surface area (Å²) in [6.45, 7) is 2.97. The molecule has 1 aliphatic heterocycles. The summed E-state index contributed by atoms with van der Waals surface area (Å²) in [4.78, 5) is 49.4. The van der Waals surface area contributed by atoms with Crippen LogP contribution in [0.5, 0.6) is 0 Å². The Hall–Kier alpha value is -3.79. The molecule has 0 saturated carbocycles. The van der Waals surface area contributed by atoms with Gasteiger partial charge in [0.05, 0.1) is 0 Å². The normalized spacial score (nSPS) is 23.6. The Labute approximate surface area is 196 Å². The largest absolute Gasteiger partial charge is 0.463 e. The van der Waals surface area contributed by atoms with Crippen molar-refractivity contribution in [2.45, 2.75) is 51.4 Å². The van der Waals surface area contributed by atoms with Crippen molar-refractivity contribution >= 4 is 23.9 Å². The molecular formula is C24H26NO9+. The van der Waals surface area contributed by atoms with Gasteiger partial charge in [-0.25, -0.2) is 4.79 Å². The first-order valence-corrected chi connectivity index (χ1v) is 10.6. The van der Waals surface area contributed by atoms with Gasteiger partial charge < -0.3 is 23.7 Å². The van der Waals surface area contributed by atoms with Gasteiger partial charge >= 0.3 is 35.7 Å². The first kappa shape index (κ1) is 24.8. The molecule has 180 valence electrons. The van der Waals surface area contributed by atoms with Crippen molar-refractivity contribution in [3.05, 3.63) is 66.5 Å². The first-order chi connectivity index (χ1) is 16.2. The number of benzene rings is 1. The van der Waals surface area contributed by atoms with E-state index >= 15 is 0 Å². The topological polar surface area (TPSA) is 118 Å². The van der Waals surface area contributed by atoms with Gasteiger partial charge in [0.2, 0.25) is 0 Å². The number of nitrogens with zero attached hydrogens (tertiary/aromatic N) is 1. The van der Waals surface area contributed by atoms with E-state index in [0.717, 1.165) is 13.8 Å². The first-order valence-electron chi connectivity index (χ1n) is 10.6. The van der Waals surface area contributed by atoms with E-state index in [4.69, 9.17) is 23.7 Å². The third kappa shape index (κ3) is 5.57. The average Bonchev–Trinajstić information content (AvgIpc) is 3.10. The molecule has 4 atom stereocenters. The van der Waals surface area contributed by atoms with E-state index in [9.17, 15) is 19.2 Å². The predicted molar refractivity (Wildman–Crippen MR) is 113 cm³/mol. The molecule has 34 heavy (non-hydrogen) atoms. The highest BCUT2D eigenvalue weighted by atomic mass is 16.7. The molecule has 3 rings (SSSR count). The van der Waals surface area contributed by atoms with E-state index in [1.54, 1.807) is 54.9 Å². The maximum Gasteiger partial charge on any atom is 0.365 e. The zero-order valence-electron chi connectivity index (χ0n) is 19.0. The molecule has 1 saturated heterocycles. The Balaban J connectivity index is 2.08. The summed E-state index contributed by atoms with van der Waals surface area (Å²) in [5.74, 6) is -3.17. The molecule has 10 heteroatoms. The lowest BCUT2D eigenvalue weighted by Gasteiger charge is -2.32. The minimum absolute atomic E-state index is 0.129. The van der Waals surface area contributed by atoms with Gasteiger partial charge in [-0.05, 0) is 5.56 Å². The Bertz CT molecular complexity index is 1030. The molecular weight excluding hydrogens is 446 g/mol. The molecule has 0 radical (unpaired) electrons. The van der Waals surface area contributed by atoms with Crippen molar-refractivity contribution < 1.29 is 47.4 Å². The van der Waals surface area contributed by atoms with E-state index in [1.165, 1.54) is 11.5 Å². The molecule has 10 nitrogen and oxygen atoms in total. The highest BCUT2D eigenvalue weighted by Gasteiger charge is 2.72. The van der Waals surface area contributed by atoms with Crippen LogP contribution in [0.3, 0.4) is 0 Å². The van der Waals surface area contributed by atoms with Crippen LogP contribution in [0.15, 0.2) is 60.9 Å². The SMILES string of the molecule is CC(=O)OC[C@H]1O[C@@H]([n+]2ccccc2)[C@@](OC(C)=O)(C(=O)OCc2ccccc2)[C@@H]1OC(C)=O. The van der Waals surface area contributed by atoms with Crippen molar-refractivity contribution in [1.82, 2.24) is 0 Å². The van der Waals surface area contributed by atoms with E-state index in [2.05, 4.69) is 0 Å². The van der Waals surface area contributed by atoms with Gasteiger partial charge in [-0.15, -0.1) is 0 Å². The monoisotopic (exact) mass is 472 g/mol. The third-order valence-electron chi connectivity index (χ3n) is 5.03. The van der Waals surface area contributed by atoms with Crippen LogP contribution in [0, 0.1) is 0 Å². The molecule has 1 fully saturated rings. The molecule has 0 aliphatic carbocycles. The second-order valence-corrected chi connectivity index (χ2v) is 7.63. The van der Waals surface area contributed by atoms with E-state index in [0.29, 0.717) is 5.56 Å². The summed E-state index contributed by atoms with van der Waals surface area (Å²) >= 11 is 0. The van der Waals surface area contributed by atoms with Gasteiger partial charge in [0.25, 0.3) is 0 Å². The van der Waals surface area contributed by atoms with Crippen LogP contribution in [0.25, 0.3) is 0 Å². The van der Waals surface area contributed by atoms with Crippen LogP contribution in [0.4, 0.5) is 0 Å². The van der Waals surface area contributed by atoms with Gasteiger partial charge in [0.1, 0.15) is 19.3 Å². The lowest BCUT2D eigenvalue weighted by Crippen LogP contribution is -2.63. The predicted octanol–water partition coefficient (Wildman–Crippen LogP) is 1.41. The molecule has 0 bridgehead atoms. The summed E-state index contributed by atoms with van der Waals surface area (Å²) in [6.07, 6.45) is -0.701. The summed E-state index contributed by atoms with van der Waals surface area (Å²) < 4.78 is 29.2. The van der Waals surface area contributed by atoms with Gasteiger partial charge in [-0.1, -0.05) is 36.4 Å². The quantitative estimate of drug-likeness (QED) is 0.319. The van der Waals surface area contributed by atoms with Gasteiger partial charge in [0.15, 0.2) is 18.5 Å². The average molecular weight is 472 g/mol. The van der Waals surface area contributed by atoms with E-state index in [-0.39, 0.29) is 13.2 Å². The smallest absolute Gasteiger partial charge is 0.365 e. The van der Waals surface area contributed by atoms with Crippen molar-refractivity contribution in [1.29, 1.82) is 0 Å². The van der Waals surface area contributed by atoms with E-state index < -0.39 is 47.9 Å². The molecule has 1 aromatic heterocycles. The summed E-state index contributed by atoms with van der Waals surface area (Å²) in [7, 11) is 0. The molecule has 1 aromatic carbocycles. The minimum Gasteiger partial charge on any atom is -0.463 e. The van der Waals surface area contributed by atoms with Crippen molar-refractivity contribution in [3.63, 3.8) is 0 Å². The van der Waals surface area contributed by atoms with E-state index in [1.807, 2.05) is 6.07 Å². The Kier molecular flexibility index (Phi) is 7.95. The molecule has 2 heterocycles. The number of esters is 4. The second kappa shape index (κ2) is 10.9. The van der Waals surface area contributed by atoms with Gasteiger partial charge in [-0.2, -0.15) is 4.57 Å². The second-order valence-electron chi connectivity index (χ2n) is 7.63. The fourth-order valence-electron chi connectivity index (χ4n) is 3.72. The summed E-state index contributed by atoms with van der Waals surface area (Å²) in [6, 6.07) is 14.0. The highest BCUT2D eigenvalue weighted by molar-refractivity contribution is 5.85. The number of carbonyl (C=O) groups is 4. The number of rotatable bonds is 8. The summed E-state index contributed by atoms with van der Waals surface area (Å²) in [5.41, 5.74) is -1.53. The van der Waals surface area contributed by atoms with Crippen molar-refractivity contribution in [2.24, 2.45) is 0 Å². The molecule has 0 N–H and O–H groups in total. The van der Waals surface area contributed by atoms with Crippen LogP contribution in [-0.2, 0) is 49.5 Å². The third-order valence-corrected chi connectivity index (χ3v) is 5.03. The molecule has 0 unspecified atom stereocenters. The number of hydrogen-bond acceptors (Lipinski definition) is 9. The molecule has 1 aliphatic rings. The lowest BCUT2D eigenvalue weighted by atomic mass is 9.92. The Morgan fingerprint density at radius 2 is 1.53 bits per heavy atom. The zero-order chi connectivity index (χ0) is 24.7. The van der Waals surface area contributed by atoms with Crippen LogP contribution < -0.4 is 4.57 Å². The maximum atomic E-state index is 13.6. The van der Waals surface area contributed by atoms with Gasteiger partial charge in [-0.3, -0.25) is 14.4 Å². The van der Waals surface area contributed by atoms with Crippen molar-refractivity contribution in [2.75, 3.05) is 6.61 Å². The molecule has 0 spiro atoms. The standard InChI is InChI=1S/C24H26NO9/c1-16(26)30-15-20-21(32-17(2)27)24(34-18(3)28,22(33-20)25-12-8-5-9-13-25)23(29)31-14-19-10-6-4-7-11-19/h4-13,20-22H,14-15H2,1-3H3/q+1/t20-,21-,22-,24-/m1/s1. The number of aromatic nitrogens is 1. The van der Waals surface area contributed by atoms with Crippen LogP contribution >= 0.6 is 0 Å². The van der Waals surface area contributed by atoms with Crippen LogP contribution in [0.2, 0.25) is 0 Å². The number of pyridine rings is 1. The Morgan fingerprint density at radius 1 is 0.882 bits per heavy atom. The fourth-order valence-corrected chi connectivity index (χ4v) is 3.72. The van der Waals surface area contributed by atoms with Crippen LogP contribution in [0.1, 0.15) is 32.6 Å². The Morgan fingerprint density at radius 3 is 2.12 bits per heavy atom.